The number of nitrogens with zero attached hydrogens (tertiary/aromatic N) is 3. The molecule has 2 heterocycles. The van der Waals surface area contributed by atoms with E-state index in [4.69, 9.17) is 11.6 Å². The van der Waals surface area contributed by atoms with Crippen LogP contribution in [-0.4, -0.2) is 33.8 Å². The number of sulfone groups is 1. The molecule has 0 unspecified atom stereocenters. The maximum atomic E-state index is 12.0. The summed E-state index contributed by atoms with van der Waals surface area (Å²) in [6.45, 7) is 0.298. The summed E-state index contributed by atoms with van der Waals surface area (Å²) in [5.41, 5.74) is 0.188. The smallest absolute Gasteiger partial charge is 0.329 e. The first-order valence-corrected chi connectivity index (χ1v) is 9.74. The van der Waals surface area contributed by atoms with Crippen molar-refractivity contribution in [2.75, 3.05) is 11.6 Å². The Bertz CT molecular complexity index is 1240. The van der Waals surface area contributed by atoms with Gasteiger partial charge in [0.25, 0.3) is 5.56 Å². The van der Waals surface area contributed by atoms with Crippen LogP contribution in [0.2, 0.25) is 5.02 Å². The van der Waals surface area contributed by atoms with Crippen molar-refractivity contribution in [1.29, 1.82) is 0 Å². The molecule has 0 bridgehead atoms. The zero-order valence-electron chi connectivity index (χ0n) is 14.2. The molecule has 3 rings (SSSR count). The van der Waals surface area contributed by atoms with Crippen LogP contribution in [0.4, 0.5) is 5.95 Å². The van der Waals surface area contributed by atoms with Gasteiger partial charge in [-0.3, -0.25) is 14.3 Å². The van der Waals surface area contributed by atoms with Crippen LogP contribution < -0.4 is 16.6 Å². The Hall–Kier alpha value is -2.59. The van der Waals surface area contributed by atoms with Crippen molar-refractivity contribution in [3.63, 3.8) is 0 Å². The molecule has 2 N–H and O–H groups in total. The molecular formula is C15H16ClN5O4S. The molecule has 0 saturated heterocycles. The highest BCUT2D eigenvalue weighted by Gasteiger charge is 2.15. The Morgan fingerprint density at radius 3 is 2.54 bits per heavy atom. The molecule has 0 aliphatic rings. The van der Waals surface area contributed by atoms with Gasteiger partial charge in [-0.1, -0.05) is 17.7 Å². The molecule has 0 aliphatic carbocycles. The lowest BCUT2D eigenvalue weighted by Gasteiger charge is -2.08. The fraction of sp³-hybridized carbons (Fsp3) is 0.267. The first-order valence-electron chi connectivity index (χ1n) is 7.47. The quantitative estimate of drug-likeness (QED) is 0.666. The van der Waals surface area contributed by atoms with Gasteiger partial charge >= 0.3 is 5.69 Å². The van der Waals surface area contributed by atoms with Crippen molar-refractivity contribution < 1.29 is 8.42 Å². The van der Waals surface area contributed by atoms with E-state index in [1.807, 2.05) is 0 Å². The SMILES string of the molecule is Cn1c(NCc2ccc(S(C)(=O)=O)c(Cl)c2)nc2c1c(=O)[nH]c(=O)n2C. The van der Waals surface area contributed by atoms with Crippen LogP contribution in [0, 0.1) is 0 Å². The zero-order valence-corrected chi connectivity index (χ0v) is 15.8. The summed E-state index contributed by atoms with van der Waals surface area (Å²) in [6, 6.07) is 4.63. The molecule has 3 aromatic rings. The number of aromatic nitrogens is 4. The Kier molecular flexibility index (Phi) is 4.41. The number of aromatic amines is 1. The summed E-state index contributed by atoms with van der Waals surface area (Å²) in [6.07, 6.45) is 1.09. The second-order valence-corrected chi connectivity index (χ2v) is 8.27. The fourth-order valence-electron chi connectivity index (χ4n) is 2.60. The lowest BCUT2D eigenvalue weighted by atomic mass is 10.2. The summed E-state index contributed by atoms with van der Waals surface area (Å²) >= 11 is 6.04. The molecule has 1 aromatic carbocycles. The summed E-state index contributed by atoms with van der Waals surface area (Å²) in [7, 11) is -0.230. The van der Waals surface area contributed by atoms with Crippen LogP contribution >= 0.6 is 11.6 Å². The third-order valence-corrected chi connectivity index (χ3v) is 5.56. The number of anilines is 1. The second-order valence-electron chi connectivity index (χ2n) is 5.88. The van der Waals surface area contributed by atoms with Crippen molar-refractivity contribution in [2.45, 2.75) is 11.4 Å². The molecule has 138 valence electrons. The number of H-pyrrole nitrogens is 1. The minimum absolute atomic E-state index is 0.0622. The second kappa shape index (κ2) is 6.29. The molecule has 9 nitrogen and oxygen atoms in total. The molecule has 2 aromatic heterocycles. The van der Waals surface area contributed by atoms with Crippen LogP contribution in [0.1, 0.15) is 5.56 Å². The molecule has 0 amide bonds. The first kappa shape index (κ1) is 18.2. The third-order valence-electron chi connectivity index (χ3n) is 3.98. The number of rotatable bonds is 4. The van der Waals surface area contributed by atoms with E-state index in [0.717, 1.165) is 11.8 Å². The predicted octanol–water partition coefficient (Wildman–Crippen LogP) is 0.629. The number of aryl methyl sites for hydroxylation is 2. The Balaban J connectivity index is 1.94. The fourth-order valence-corrected chi connectivity index (χ4v) is 3.95. The maximum Gasteiger partial charge on any atom is 0.329 e. The van der Waals surface area contributed by atoms with Gasteiger partial charge in [0.2, 0.25) is 5.95 Å². The highest BCUT2D eigenvalue weighted by atomic mass is 35.5. The van der Waals surface area contributed by atoms with Gasteiger partial charge in [-0.05, 0) is 17.7 Å². The van der Waals surface area contributed by atoms with E-state index in [9.17, 15) is 18.0 Å². The molecule has 0 spiro atoms. The van der Waals surface area contributed by atoms with E-state index in [1.54, 1.807) is 23.7 Å². The average molecular weight is 398 g/mol. The van der Waals surface area contributed by atoms with Crippen LogP contribution in [0.5, 0.6) is 0 Å². The number of fused-ring (bicyclic) bond motifs is 1. The molecule has 0 fully saturated rings. The van der Waals surface area contributed by atoms with Gasteiger partial charge in [-0.25, -0.2) is 13.2 Å². The molecule has 11 heteroatoms. The van der Waals surface area contributed by atoms with Gasteiger partial charge in [0.1, 0.15) is 0 Å². The Labute approximate surface area is 153 Å². The number of benzene rings is 1. The van der Waals surface area contributed by atoms with Crippen LogP contribution in [0.15, 0.2) is 32.7 Å². The average Bonchev–Trinajstić information content (AvgIpc) is 2.87. The monoisotopic (exact) mass is 397 g/mol. The predicted molar refractivity (Wildman–Crippen MR) is 98.5 cm³/mol. The minimum Gasteiger partial charge on any atom is -0.352 e. The number of hydrogen-bond donors (Lipinski definition) is 2. The topological polar surface area (TPSA) is 119 Å². The molecule has 0 atom stereocenters. The highest BCUT2D eigenvalue weighted by Crippen LogP contribution is 2.23. The number of imidazole rings is 1. The van der Waals surface area contributed by atoms with E-state index in [0.29, 0.717) is 12.5 Å². The van der Waals surface area contributed by atoms with Gasteiger partial charge in [0, 0.05) is 26.9 Å². The number of nitrogens with one attached hydrogen (secondary N) is 2. The largest absolute Gasteiger partial charge is 0.352 e. The van der Waals surface area contributed by atoms with E-state index in [-0.39, 0.29) is 21.1 Å². The number of halogens is 1. The Morgan fingerprint density at radius 1 is 1.23 bits per heavy atom. The van der Waals surface area contributed by atoms with Gasteiger partial charge in [-0.15, -0.1) is 0 Å². The maximum absolute atomic E-state index is 12.0. The third kappa shape index (κ3) is 3.13. The molecule has 26 heavy (non-hydrogen) atoms. The van der Waals surface area contributed by atoms with Gasteiger partial charge in [-0.2, -0.15) is 4.98 Å². The summed E-state index contributed by atoms with van der Waals surface area (Å²) in [5, 5.41) is 3.19. The van der Waals surface area contributed by atoms with Crippen molar-refractivity contribution in [3.8, 4) is 0 Å². The lowest BCUT2D eigenvalue weighted by Crippen LogP contribution is -2.29. The van der Waals surface area contributed by atoms with E-state index >= 15 is 0 Å². The molecule has 0 aliphatic heterocycles. The van der Waals surface area contributed by atoms with Crippen LogP contribution in [-0.2, 0) is 30.5 Å². The Morgan fingerprint density at radius 2 is 1.92 bits per heavy atom. The minimum atomic E-state index is -3.39. The van der Waals surface area contributed by atoms with Gasteiger partial charge in [0.05, 0.1) is 9.92 Å². The van der Waals surface area contributed by atoms with E-state index in [1.165, 1.54) is 17.7 Å². The molecular weight excluding hydrogens is 382 g/mol. The summed E-state index contributed by atoms with van der Waals surface area (Å²) < 4.78 is 26.0. The van der Waals surface area contributed by atoms with Crippen molar-refractivity contribution in [3.05, 3.63) is 49.6 Å². The van der Waals surface area contributed by atoms with E-state index < -0.39 is 21.1 Å². The van der Waals surface area contributed by atoms with Crippen molar-refractivity contribution in [1.82, 2.24) is 19.1 Å². The van der Waals surface area contributed by atoms with E-state index in [2.05, 4.69) is 15.3 Å². The number of hydrogen-bond acceptors (Lipinski definition) is 6. The lowest BCUT2D eigenvalue weighted by molar-refractivity contribution is 0.602. The standard InChI is InChI=1S/C15H16ClN5O4S/c1-20-11-12(21(2)15(23)19-13(11)22)18-14(20)17-7-8-4-5-10(9(16)6-8)26(3,24)25/h4-6H,7H2,1-3H3,(H,17,18)(H,19,22,23). The molecule has 0 saturated carbocycles. The van der Waals surface area contributed by atoms with Crippen molar-refractivity contribution >= 4 is 38.6 Å². The molecule has 0 radical (unpaired) electrons. The first-order chi connectivity index (χ1) is 12.1. The van der Waals surface area contributed by atoms with Crippen LogP contribution in [0.3, 0.4) is 0 Å². The normalized spacial score (nSPS) is 11.8. The summed E-state index contributed by atoms with van der Waals surface area (Å²) in [5.74, 6) is 0.384. The van der Waals surface area contributed by atoms with Crippen molar-refractivity contribution in [2.24, 2.45) is 14.1 Å². The van der Waals surface area contributed by atoms with Gasteiger partial charge in [0.15, 0.2) is 21.0 Å². The van der Waals surface area contributed by atoms with Gasteiger partial charge < -0.3 is 9.88 Å². The summed E-state index contributed by atoms with van der Waals surface area (Å²) in [4.78, 5) is 30.3. The highest BCUT2D eigenvalue weighted by molar-refractivity contribution is 7.90. The zero-order chi connectivity index (χ0) is 19.2. The van der Waals surface area contributed by atoms with Crippen LogP contribution in [0.25, 0.3) is 11.2 Å².